The van der Waals surface area contributed by atoms with Crippen LogP contribution in [-0.4, -0.2) is 81.5 Å². The largest absolute Gasteiger partial charge is 0.480 e. The third kappa shape index (κ3) is 4.20. The molecule has 4 aromatic rings. The molecule has 1 fully saturated rings. The third-order valence-corrected chi connectivity index (χ3v) is 7.41. The van der Waals surface area contributed by atoms with Gasteiger partial charge in [0.25, 0.3) is 11.5 Å². The van der Waals surface area contributed by atoms with E-state index in [0.29, 0.717) is 47.3 Å². The summed E-state index contributed by atoms with van der Waals surface area (Å²) in [7, 11) is 2.14. The van der Waals surface area contributed by atoms with E-state index in [9.17, 15) is 9.59 Å². The van der Waals surface area contributed by atoms with Gasteiger partial charge in [0, 0.05) is 56.7 Å². The van der Waals surface area contributed by atoms with Gasteiger partial charge in [-0.3, -0.25) is 14.5 Å². The number of likely N-dealkylation sites (N-methyl/N-ethyl adjacent to an activating group) is 1. The SMILES string of the molecule is CN1CCN(c2cccc(Nc3ncc4c(=O)n5n(c4n3)-c3ccc4c(n3)N(CCC#CC5)C(=O)CO4)c2)CC1. The van der Waals surface area contributed by atoms with E-state index in [1.54, 1.807) is 21.7 Å². The first kappa shape index (κ1) is 24.2. The minimum atomic E-state index is -0.268. The number of amides is 1. The van der Waals surface area contributed by atoms with Crippen LogP contribution in [0.4, 0.5) is 23.1 Å². The molecule has 3 aliphatic rings. The Hall–Kier alpha value is -4.89. The number of rotatable bonds is 3. The zero-order valence-corrected chi connectivity index (χ0v) is 22.0. The predicted octanol–water partition coefficient (Wildman–Crippen LogP) is 1.61. The fourth-order valence-corrected chi connectivity index (χ4v) is 5.24. The zero-order chi connectivity index (χ0) is 27.2. The molecule has 0 saturated carbocycles. The number of aromatic nitrogens is 5. The molecule has 0 radical (unpaired) electrons. The lowest BCUT2D eigenvalue weighted by molar-refractivity contribution is -0.121. The standard InChI is InChI=1S/C28H27N9O3/c1-33-12-14-34(15-13-33)20-7-5-6-19(16-20)30-28-29-17-21-25(32-28)37-23-9-8-22-26(31-23)35(24(38)18-40-22)10-3-2-4-11-36(37)27(21)39/h5-9,16-17H,3,10-15,18H2,1H3,(H,29,30,32). The number of pyridine rings is 1. The van der Waals surface area contributed by atoms with Crippen LogP contribution in [0.15, 0.2) is 47.4 Å². The van der Waals surface area contributed by atoms with Gasteiger partial charge in [-0.15, -0.1) is 0 Å². The van der Waals surface area contributed by atoms with Gasteiger partial charge in [-0.1, -0.05) is 17.9 Å². The summed E-state index contributed by atoms with van der Waals surface area (Å²) in [5, 5.41) is 3.65. The lowest BCUT2D eigenvalue weighted by Gasteiger charge is -2.34. The zero-order valence-electron chi connectivity index (χ0n) is 22.0. The Labute approximate surface area is 229 Å². The third-order valence-electron chi connectivity index (χ3n) is 7.41. The molecule has 1 aromatic carbocycles. The maximum absolute atomic E-state index is 13.4. The fraction of sp³-hybridized carbons (Fsp3) is 0.321. The number of nitrogens with zero attached hydrogens (tertiary/aromatic N) is 8. The number of anilines is 4. The van der Waals surface area contributed by atoms with Gasteiger partial charge in [0.15, 0.2) is 29.6 Å². The smallest absolute Gasteiger partial charge is 0.279 e. The molecule has 3 aliphatic heterocycles. The molecule has 3 aromatic heterocycles. The quantitative estimate of drug-likeness (QED) is 0.390. The Kier molecular flexibility index (Phi) is 5.86. The molecule has 12 heteroatoms. The topological polar surface area (TPSA) is 114 Å². The summed E-state index contributed by atoms with van der Waals surface area (Å²) in [6, 6.07) is 11.7. The fourth-order valence-electron chi connectivity index (χ4n) is 5.24. The molecule has 0 aliphatic carbocycles. The summed E-state index contributed by atoms with van der Waals surface area (Å²) in [4.78, 5) is 46.3. The summed E-state index contributed by atoms with van der Waals surface area (Å²) in [6.07, 6.45) is 1.98. The highest BCUT2D eigenvalue weighted by atomic mass is 16.5. The normalized spacial score (nSPS) is 17.0. The molecule has 40 heavy (non-hydrogen) atoms. The first-order valence-corrected chi connectivity index (χ1v) is 13.2. The molecule has 12 nitrogen and oxygen atoms in total. The van der Waals surface area contributed by atoms with Crippen LogP contribution >= 0.6 is 0 Å². The van der Waals surface area contributed by atoms with E-state index in [1.165, 1.54) is 10.9 Å². The molecule has 202 valence electrons. The van der Waals surface area contributed by atoms with Crippen LogP contribution in [0.2, 0.25) is 0 Å². The molecule has 0 atom stereocenters. The van der Waals surface area contributed by atoms with Gasteiger partial charge in [0.1, 0.15) is 11.9 Å². The Morgan fingerprint density at radius 1 is 1.00 bits per heavy atom. The van der Waals surface area contributed by atoms with Gasteiger partial charge >= 0.3 is 0 Å². The molecule has 0 spiro atoms. The van der Waals surface area contributed by atoms with Crippen LogP contribution < -0.4 is 25.4 Å². The number of nitrogens with one attached hydrogen (secondary N) is 1. The van der Waals surface area contributed by atoms with E-state index in [0.717, 1.165) is 37.6 Å². The first-order valence-electron chi connectivity index (χ1n) is 13.2. The van der Waals surface area contributed by atoms with Crippen molar-refractivity contribution in [3.8, 4) is 23.4 Å². The maximum Gasteiger partial charge on any atom is 0.279 e. The minimum absolute atomic E-state index is 0.0448. The molecule has 2 bridgehead atoms. The summed E-state index contributed by atoms with van der Waals surface area (Å²) in [5.74, 6) is 7.65. The maximum atomic E-state index is 13.4. The van der Waals surface area contributed by atoms with Crippen LogP contribution in [0.25, 0.3) is 16.9 Å². The first-order chi connectivity index (χ1) is 19.5. The van der Waals surface area contributed by atoms with Crippen molar-refractivity contribution in [1.29, 1.82) is 0 Å². The summed E-state index contributed by atoms with van der Waals surface area (Å²) >= 11 is 0. The Balaban J connectivity index is 1.30. The summed E-state index contributed by atoms with van der Waals surface area (Å²) < 4.78 is 8.75. The van der Waals surface area contributed by atoms with E-state index in [4.69, 9.17) is 14.7 Å². The van der Waals surface area contributed by atoms with Crippen molar-refractivity contribution in [1.82, 2.24) is 29.2 Å². The molecule has 6 heterocycles. The van der Waals surface area contributed by atoms with E-state index >= 15 is 0 Å². The molecule has 1 N–H and O–H groups in total. The van der Waals surface area contributed by atoms with Gasteiger partial charge in [-0.05, 0) is 37.4 Å². The highest BCUT2D eigenvalue weighted by Gasteiger charge is 2.28. The monoisotopic (exact) mass is 537 g/mol. The Bertz CT molecular complexity index is 1760. The molecule has 0 unspecified atom stereocenters. The van der Waals surface area contributed by atoms with Gasteiger partial charge in [0.05, 0.1) is 0 Å². The van der Waals surface area contributed by atoms with Gasteiger partial charge in [-0.25, -0.2) is 19.3 Å². The predicted molar refractivity (Wildman–Crippen MR) is 151 cm³/mol. The minimum Gasteiger partial charge on any atom is -0.480 e. The van der Waals surface area contributed by atoms with Crippen LogP contribution in [-0.2, 0) is 11.3 Å². The van der Waals surface area contributed by atoms with Crippen molar-refractivity contribution in [3.63, 3.8) is 0 Å². The van der Waals surface area contributed by atoms with Gasteiger partial charge in [-0.2, -0.15) is 4.98 Å². The van der Waals surface area contributed by atoms with Crippen LogP contribution in [0.3, 0.4) is 0 Å². The summed E-state index contributed by atoms with van der Waals surface area (Å²) in [5.41, 5.74) is 2.10. The van der Waals surface area contributed by atoms with E-state index in [1.807, 2.05) is 12.1 Å². The second-order valence-electron chi connectivity index (χ2n) is 10.00. The van der Waals surface area contributed by atoms with Crippen molar-refractivity contribution in [3.05, 3.63) is 52.9 Å². The molecule has 1 saturated heterocycles. The average Bonchev–Trinajstić information content (AvgIpc) is 3.22. The van der Waals surface area contributed by atoms with Gasteiger partial charge in [0.2, 0.25) is 5.95 Å². The van der Waals surface area contributed by atoms with E-state index in [-0.39, 0.29) is 24.6 Å². The number of fused-ring (bicyclic) bond motifs is 5. The van der Waals surface area contributed by atoms with Crippen LogP contribution in [0.1, 0.15) is 6.42 Å². The molecular weight excluding hydrogens is 510 g/mol. The number of carbonyl (C=O) groups excluding carboxylic acids is 1. The van der Waals surface area contributed by atoms with Crippen molar-refractivity contribution < 1.29 is 9.53 Å². The second kappa shape index (κ2) is 9.69. The molecule has 1 amide bonds. The summed E-state index contributed by atoms with van der Waals surface area (Å²) in [6.45, 7) is 4.47. The number of hydrogen-bond acceptors (Lipinski definition) is 9. The van der Waals surface area contributed by atoms with E-state index < -0.39 is 0 Å². The van der Waals surface area contributed by atoms with Crippen LogP contribution in [0.5, 0.6) is 5.75 Å². The molecule has 7 rings (SSSR count). The number of hydrogen-bond donors (Lipinski definition) is 1. The number of ether oxygens (including phenoxy) is 1. The Morgan fingerprint density at radius 2 is 1.88 bits per heavy atom. The average molecular weight is 538 g/mol. The van der Waals surface area contributed by atoms with Crippen molar-refractivity contribution >= 4 is 40.1 Å². The second-order valence-corrected chi connectivity index (χ2v) is 10.00. The van der Waals surface area contributed by atoms with Crippen LogP contribution in [0, 0.1) is 11.8 Å². The number of carbonyl (C=O) groups is 1. The van der Waals surface area contributed by atoms with Crippen molar-refractivity contribution in [2.45, 2.75) is 13.0 Å². The Morgan fingerprint density at radius 3 is 2.75 bits per heavy atom. The number of piperazine rings is 1. The highest BCUT2D eigenvalue weighted by molar-refractivity contribution is 5.96. The molecular formula is C28H27N9O3. The van der Waals surface area contributed by atoms with E-state index in [2.05, 4.69) is 51.1 Å². The lowest BCUT2D eigenvalue weighted by Crippen LogP contribution is -2.44. The number of benzene rings is 1. The lowest BCUT2D eigenvalue weighted by atomic mass is 10.2. The van der Waals surface area contributed by atoms with Crippen molar-refractivity contribution in [2.24, 2.45) is 0 Å². The van der Waals surface area contributed by atoms with Crippen molar-refractivity contribution in [2.75, 3.05) is 61.5 Å². The highest BCUT2D eigenvalue weighted by Crippen LogP contribution is 2.32. The van der Waals surface area contributed by atoms with Gasteiger partial charge < -0.3 is 19.9 Å².